The number of rotatable bonds is 5. The largest absolute Gasteiger partial charge is 0.322 e. The molecule has 0 radical (unpaired) electrons. The molecule has 2 aromatic carbocycles. The van der Waals surface area contributed by atoms with Gasteiger partial charge in [-0.25, -0.2) is 0 Å². The SMILES string of the molecule is O=C(Nc1cccc(CCCCl)c1)c1cccc(Br)c1. The first kappa shape index (κ1) is 15.1. The minimum atomic E-state index is -0.110. The molecule has 0 saturated heterocycles. The quantitative estimate of drug-likeness (QED) is 0.764. The molecule has 1 amide bonds. The van der Waals surface area contributed by atoms with Crippen molar-refractivity contribution in [2.75, 3.05) is 11.2 Å². The smallest absolute Gasteiger partial charge is 0.255 e. The predicted molar refractivity (Wildman–Crippen MR) is 87.6 cm³/mol. The van der Waals surface area contributed by atoms with Crippen molar-refractivity contribution in [2.24, 2.45) is 0 Å². The number of amides is 1. The van der Waals surface area contributed by atoms with Gasteiger partial charge in [0.15, 0.2) is 0 Å². The van der Waals surface area contributed by atoms with Gasteiger partial charge in [-0.1, -0.05) is 34.1 Å². The molecular formula is C16H15BrClNO. The maximum atomic E-state index is 12.1. The minimum absolute atomic E-state index is 0.110. The molecule has 104 valence electrons. The molecule has 2 rings (SSSR count). The molecule has 0 aliphatic carbocycles. The Bertz CT molecular complexity index is 601. The number of hydrogen-bond donors (Lipinski definition) is 1. The summed E-state index contributed by atoms with van der Waals surface area (Å²) in [7, 11) is 0. The van der Waals surface area contributed by atoms with E-state index < -0.39 is 0 Å². The predicted octanol–water partition coefficient (Wildman–Crippen LogP) is 4.87. The third-order valence-corrected chi connectivity index (χ3v) is 3.63. The van der Waals surface area contributed by atoms with Crippen molar-refractivity contribution in [3.05, 3.63) is 64.1 Å². The Labute approximate surface area is 132 Å². The summed E-state index contributed by atoms with van der Waals surface area (Å²) in [6.07, 6.45) is 1.86. The molecule has 0 spiro atoms. The second-order valence-electron chi connectivity index (χ2n) is 4.46. The number of halogens is 2. The first-order chi connectivity index (χ1) is 9.69. The van der Waals surface area contributed by atoms with Crippen molar-refractivity contribution >= 4 is 39.1 Å². The average Bonchev–Trinajstić information content (AvgIpc) is 2.45. The van der Waals surface area contributed by atoms with Crippen molar-refractivity contribution in [1.29, 1.82) is 0 Å². The number of carbonyl (C=O) groups is 1. The molecule has 4 heteroatoms. The van der Waals surface area contributed by atoms with Gasteiger partial charge in [-0.3, -0.25) is 4.79 Å². The second-order valence-corrected chi connectivity index (χ2v) is 5.75. The van der Waals surface area contributed by atoms with Crippen LogP contribution in [0.2, 0.25) is 0 Å². The highest BCUT2D eigenvalue weighted by atomic mass is 79.9. The number of nitrogens with one attached hydrogen (secondary N) is 1. The van der Waals surface area contributed by atoms with Crippen molar-refractivity contribution < 1.29 is 4.79 Å². The summed E-state index contributed by atoms with van der Waals surface area (Å²) in [5.74, 6) is 0.537. The number of alkyl halides is 1. The number of hydrogen-bond acceptors (Lipinski definition) is 1. The highest BCUT2D eigenvalue weighted by molar-refractivity contribution is 9.10. The van der Waals surface area contributed by atoms with E-state index in [1.54, 1.807) is 12.1 Å². The molecular weight excluding hydrogens is 338 g/mol. The summed E-state index contributed by atoms with van der Waals surface area (Å²) in [5, 5.41) is 2.91. The van der Waals surface area contributed by atoms with Gasteiger partial charge in [-0.2, -0.15) is 0 Å². The van der Waals surface area contributed by atoms with E-state index in [1.807, 2.05) is 36.4 Å². The topological polar surface area (TPSA) is 29.1 Å². The van der Waals surface area contributed by atoms with Gasteiger partial charge in [-0.05, 0) is 48.7 Å². The maximum absolute atomic E-state index is 12.1. The molecule has 0 saturated carbocycles. The van der Waals surface area contributed by atoms with E-state index >= 15 is 0 Å². The van der Waals surface area contributed by atoms with Crippen molar-refractivity contribution in [3.8, 4) is 0 Å². The Morgan fingerprint density at radius 3 is 2.70 bits per heavy atom. The van der Waals surface area contributed by atoms with Crippen LogP contribution < -0.4 is 5.32 Å². The van der Waals surface area contributed by atoms with Crippen molar-refractivity contribution in [2.45, 2.75) is 12.8 Å². The van der Waals surface area contributed by atoms with E-state index in [0.717, 1.165) is 23.0 Å². The summed E-state index contributed by atoms with van der Waals surface area (Å²) in [4.78, 5) is 12.1. The normalized spacial score (nSPS) is 10.3. The molecule has 0 aliphatic rings. The molecule has 1 N–H and O–H groups in total. The third kappa shape index (κ3) is 4.36. The van der Waals surface area contributed by atoms with Crippen LogP contribution in [0, 0.1) is 0 Å². The minimum Gasteiger partial charge on any atom is -0.322 e. The Hall–Kier alpha value is -1.32. The van der Waals surface area contributed by atoms with Crippen LogP contribution in [0.3, 0.4) is 0 Å². The number of anilines is 1. The van der Waals surface area contributed by atoms with Gasteiger partial charge in [-0.15, -0.1) is 11.6 Å². The fourth-order valence-electron chi connectivity index (χ4n) is 1.91. The molecule has 0 aliphatic heterocycles. The molecule has 2 nitrogen and oxygen atoms in total. The maximum Gasteiger partial charge on any atom is 0.255 e. The third-order valence-electron chi connectivity index (χ3n) is 2.87. The lowest BCUT2D eigenvalue weighted by Crippen LogP contribution is -2.11. The fraction of sp³-hybridized carbons (Fsp3) is 0.188. The first-order valence-corrected chi connectivity index (χ1v) is 7.73. The number of benzene rings is 2. The van der Waals surface area contributed by atoms with E-state index in [1.165, 1.54) is 5.56 Å². The Morgan fingerprint density at radius 1 is 1.15 bits per heavy atom. The summed E-state index contributed by atoms with van der Waals surface area (Å²) in [6.45, 7) is 0. The Kier molecular flexibility index (Phi) is 5.62. The van der Waals surface area contributed by atoms with Crippen LogP contribution in [0.25, 0.3) is 0 Å². The van der Waals surface area contributed by atoms with E-state index in [4.69, 9.17) is 11.6 Å². The number of carbonyl (C=O) groups excluding carboxylic acids is 1. The molecule has 2 aromatic rings. The molecule has 0 heterocycles. The number of aryl methyl sites for hydroxylation is 1. The molecule has 20 heavy (non-hydrogen) atoms. The van der Waals surface area contributed by atoms with Gasteiger partial charge in [0.05, 0.1) is 0 Å². The Balaban J connectivity index is 2.07. The summed E-state index contributed by atoms with van der Waals surface area (Å²) in [6, 6.07) is 15.2. The van der Waals surface area contributed by atoms with E-state index in [9.17, 15) is 4.79 Å². The van der Waals surface area contributed by atoms with Crippen LogP contribution in [0.1, 0.15) is 22.3 Å². The van der Waals surface area contributed by atoms with Crippen LogP contribution in [-0.2, 0) is 6.42 Å². The van der Waals surface area contributed by atoms with Gasteiger partial charge >= 0.3 is 0 Å². The average molecular weight is 353 g/mol. The summed E-state index contributed by atoms with van der Waals surface area (Å²) in [5.41, 5.74) is 2.62. The zero-order valence-corrected chi connectivity index (χ0v) is 13.2. The highest BCUT2D eigenvalue weighted by Gasteiger charge is 2.06. The van der Waals surface area contributed by atoms with Crippen LogP contribution in [0.4, 0.5) is 5.69 Å². The van der Waals surface area contributed by atoms with Gasteiger partial charge < -0.3 is 5.32 Å². The zero-order valence-electron chi connectivity index (χ0n) is 10.9. The van der Waals surface area contributed by atoms with Crippen molar-refractivity contribution in [3.63, 3.8) is 0 Å². The van der Waals surface area contributed by atoms with Crippen LogP contribution in [-0.4, -0.2) is 11.8 Å². The molecule has 0 atom stereocenters. The lowest BCUT2D eigenvalue weighted by Gasteiger charge is -2.07. The van der Waals surface area contributed by atoms with E-state index in [0.29, 0.717) is 11.4 Å². The fourth-order valence-corrected chi connectivity index (χ4v) is 2.44. The zero-order chi connectivity index (χ0) is 14.4. The van der Waals surface area contributed by atoms with Gasteiger partial charge in [0.1, 0.15) is 0 Å². The van der Waals surface area contributed by atoms with Crippen LogP contribution >= 0.6 is 27.5 Å². The van der Waals surface area contributed by atoms with E-state index in [2.05, 4.69) is 21.2 Å². The summed E-state index contributed by atoms with van der Waals surface area (Å²) >= 11 is 9.06. The highest BCUT2D eigenvalue weighted by Crippen LogP contribution is 2.16. The first-order valence-electron chi connectivity index (χ1n) is 6.41. The van der Waals surface area contributed by atoms with Gasteiger partial charge in [0.2, 0.25) is 0 Å². The van der Waals surface area contributed by atoms with E-state index in [-0.39, 0.29) is 5.91 Å². The molecule has 0 fully saturated rings. The van der Waals surface area contributed by atoms with Gasteiger partial charge in [0.25, 0.3) is 5.91 Å². The molecule has 0 bridgehead atoms. The monoisotopic (exact) mass is 351 g/mol. The van der Waals surface area contributed by atoms with Gasteiger partial charge in [0, 0.05) is 21.6 Å². The second kappa shape index (κ2) is 7.46. The van der Waals surface area contributed by atoms with Crippen LogP contribution in [0.5, 0.6) is 0 Å². The Morgan fingerprint density at radius 2 is 1.95 bits per heavy atom. The lowest BCUT2D eigenvalue weighted by molar-refractivity contribution is 0.102. The summed E-state index contributed by atoms with van der Waals surface area (Å²) < 4.78 is 0.890. The lowest BCUT2D eigenvalue weighted by atomic mass is 10.1. The molecule has 0 aromatic heterocycles. The standard InChI is InChI=1S/C16H15BrClNO/c17-14-7-2-6-13(11-14)16(20)19-15-8-1-4-12(10-15)5-3-9-18/h1-2,4,6-8,10-11H,3,5,9H2,(H,19,20). The van der Waals surface area contributed by atoms with Crippen LogP contribution in [0.15, 0.2) is 53.0 Å². The molecule has 0 unspecified atom stereocenters. The van der Waals surface area contributed by atoms with Crippen molar-refractivity contribution in [1.82, 2.24) is 0 Å².